The minimum absolute atomic E-state index is 0.164. The van der Waals surface area contributed by atoms with Gasteiger partial charge in [-0.15, -0.1) is 0 Å². The van der Waals surface area contributed by atoms with E-state index >= 15 is 0 Å². The lowest BCUT2D eigenvalue weighted by Gasteiger charge is -2.21. The molecule has 0 heterocycles. The number of aliphatic hydroxyl groups is 1. The first kappa shape index (κ1) is 15.2. The lowest BCUT2D eigenvalue weighted by Crippen LogP contribution is -2.24. The van der Waals surface area contributed by atoms with Crippen molar-refractivity contribution in [2.24, 2.45) is 5.92 Å². The predicted molar refractivity (Wildman–Crippen MR) is 75.9 cm³/mol. The number of rotatable bonds is 5. The molecule has 0 fully saturated rings. The minimum Gasteiger partial charge on any atom is -0.392 e. The second-order valence-electron chi connectivity index (χ2n) is 6.15. The first-order valence-corrected chi connectivity index (χ1v) is 6.61. The number of aliphatic hydroxyl groups excluding tert-OH is 1. The van der Waals surface area contributed by atoms with Crippen LogP contribution in [0.3, 0.4) is 0 Å². The minimum atomic E-state index is -0.342. The number of ether oxygens (including phenoxy) is 1. The molecule has 0 aliphatic carbocycles. The van der Waals surface area contributed by atoms with Crippen LogP contribution in [0.15, 0.2) is 24.3 Å². The molecule has 102 valence electrons. The van der Waals surface area contributed by atoms with Gasteiger partial charge in [-0.25, -0.2) is 0 Å². The van der Waals surface area contributed by atoms with Gasteiger partial charge in [0.15, 0.2) is 0 Å². The maximum absolute atomic E-state index is 10.1. The van der Waals surface area contributed by atoms with Crippen molar-refractivity contribution in [2.75, 3.05) is 13.7 Å². The molecule has 1 N–H and O–H groups in total. The summed E-state index contributed by atoms with van der Waals surface area (Å²) in [6.07, 6.45) is 0.347. The fourth-order valence-electron chi connectivity index (χ4n) is 1.96. The highest BCUT2D eigenvalue weighted by Gasteiger charge is 2.16. The monoisotopic (exact) mass is 250 g/mol. The summed E-state index contributed by atoms with van der Waals surface area (Å²) in [4.78, 5) is 0. The summed E-state index contributed by atoms with van der Waals surface area (Å²) in [5.74, 6) is 0.164. The highest BCUT2D eigenvalue weighted by atomic mass is 16.5. The first-order chi connectivity index (χ1) is 8.34. The van der Waals surface area contributed by atoms with Gasteiger partial charge in [0, 0.05) is 13.0 Å². The summed E-state index contributed by atoms with van der Waals surface area (Å²) in [7, 11) is 1.67. The van der Waals surface area contributed by atoms with Crippen molar-refractivity contribution >= 4 is 0 Å². The molecular weight excluding hydrogens is 224 g/mol. The SMILES string of the molecule is COCC(C)C(O)Cc1ccc(C(C)(C)C)cc1. The van der Waals surface area contributed by atoms with Crippen LogP contribution in [0.25, 0.3) is 0 Å². The Bertz CT molecular complexity index is 348. The van der Waals surface area contributed by atoms with Crippen molar-refractivity contribution in [1.82, 2.24) is 0 Å². The summed E-state index contributed by atoms with van der Waals surface area (Å²) in [6, 6.07) is 8.54. The predicted octanol–water partition coefficient (Wildman–Crippen LogP) is 3.17. The van der Waals surface area contributed by atoms with Crippen LogP contribution in [-0.2, 0) is 16.6 Å². The number of benzene rings is 1. The van der Waals surface area contributed by atoms with Gasteiger partial charge in [0.1, 0.15) is 0 Å². The summed E-state index contributed by atoms with van der Waals surface area (Å²) in [5, 5.41) is 10.1. The molecule has 0 saturated carbocycles. The lowest BCUT2D eigenvalue weighted by atomic mass is 9.86. The molecule has 0 saturated heterocycles. The molecule has 1 aromatic carbocycles. The number of methoxy groups -OCH3 is 1. The van der Waals surface area contributed by atoms with Crippen LogP contribution >= 0.6 is 0 Å². The van der Waals surface area contributed by atoms with Gasteiger partial charge >= 0.3 is 0 Å². The summed E-state index contributed by atoms with van der Waals surface area (Å²) < 4.78 is 5.07. The molecule has 0 aliphatic rings. The van der Waals surface area contributed by atoms with E-state index in [1.165, 1.54) is 11.1 Å². The van der Waals surface area contributed by atoms with E-state index in [1.54, 1.807) is 7.11 Å². The normalized spacial score (nSPS) is 15.4. The third-order valence-electron chi connectivity index (χ3n) is 3.35. The average molecular weight is 250 g/mol. The molecule has 2 atom stereocenters. The van der Waals surface area contributed by atoms with Crippen molar-refractivity contribution in [3.05, 3.63) is 35.4 Å². The molecule has 1 aromatic rings. The van der Waals surface area contributed by atoms with Crippen LogP contribution in [0.1, 0.15) is 38.8 Å². The van der Waals surface area contributed by atoms with E-state index in [0.29, 0.717) is 13.0 Å². The molecule has 2 unspecified atom stereocenters. The molecule has 0 amide bonds. The molecule has 0 aromatic heterocycles. The van der Waals surface area contributed by atoms with Crippen molar-refractivity contribution in [3.63, 3.8) is 0 Å². The first-order valence-electron chi connectivity index (χ1n) is 6.61. The lowest BCUT2D eigenvalue weighted by molar-refractivity contribution is 0.0575. The fourth-order valence-corrected chi connectivity index (χ4v) is 1.96. The summed E-state index contributed by atoms with van der Waals surface area (Å²) in [5.41, 5.74) is 2.68. The second kappa shape index (κ2) is 6.35. The van der Waals surface area contributed by atoms with Crippen LogP contribution in [0.5, 0.6) is 0 Å². The molecular formula is C16H26O2. The molecule has 0 radical (unpaired) electrons. The van der Waals surface area contributed by atoms with Gasteiger partial charge in [-0.1, -0.05) is 52.0 Å². The number of hydrogen-bond acceptors (Lipinski definition) is 2. The van der Waals surface area contributed by atoms with Crippen LogP contribution < -0.4 is 0 Å². The number of hydrogen-bond donors (Lipinski definition) is 1. The molecule has 0 spiro atoms. The highest BCUT2D eigenvalue weighted by Crippen LogP contribution is 2.22. The Morgan fingerprint density at radius 3 is 2.17 bits per heavy atom. The van der Waals surface area contributed by atoms with E-state index in [2.05, 4.69) is 45.0 Å². The fraction of sp³-hybridized carbons (Fsp3) is 0.625. The third-order valence-corrected chi connectivity index (χ3v) is 3.35. The summed E-state index contributed by atoms with van der Waals surface area (Å²) in [6.45, 7) is 9.23. The van der Waals surface area contributed by atoms with Gasteiger partial charge in [0.25, 0.3) is 0 Å². The van der Waals surface area contributed by atoms with Crippen molar-refractivity contribution in [1.29, 1.82) is 0 Å². The Labute approximate surface area is 111 Å². The summed E-state index contributed by atoms with van der Waals surface area (Å²) >= 11 is 0. The smallest absolute Gasteiger partial charge is 0.0628 e. The van der Waals surface area contributed by atoms with Crippen molar-refractivity contribution in [2.45, 2.75) is 45.6 Å². The molecule has 1 rings (SSSR count). The van der Waals surface area contributed by atoms with Gasteiger partial charge in [0.05, 0.1) is 12.7 Å². The highest BCUT2D eigenvalue weighted by molar-refractivity contribution is 5.27. The largest absolute Gasteiger partial charge is 0.392 e. The van der Waals surface area contributed by atoms with Gasteiger partial charge < -0.3 is 9.84 Å². The topological polar surface area (TPSA) is 29.5 Å². The third kappa shape index (κ3) is 4.43. The zero-order valence-corrected chi connectivity index (χ0v) is 12.2. The van der Waals surface area contributed by atoms with Crippen molar-refractivity contribution in [3.8, 4) is 0 Å². The van der Waals surface area contributed by atoms with Gasteiger partial charge in [-0.3, -0.25) is 0 Å². The maximum Gasteiger partial charge on any atom is 0.0628 e. The molecule has 2 heteroatoms. The Morgan fingerprint density at radius 2 is 1.72 bits per heavy atom. The average Bonchev–Trinajstić information content (AvgIpc) is 2.28. The van der Waals surface area contributed by atoms with Gasteiger partial charge in [-0.2, -0.15) is 0 Å². The molecule has 0 aliphatic heterocycles. The second-order valence-corrected chi connectivity index (χ2v) is 6.15. The Balaban J connectivity index is 2.64. The van der Waals surface area contributed by atoms with E-state index in [0.717, 1.165) is 0 Å². The zero-order chi connectivity index (χ0) is 13.8. The molecule has 0 bridgehead atoms. The maximum atomic E-state index is 10.1. The van der Waals surface area contributed by atoms with E-state index in [9.17, 15) is 5.11 Å². The van der Waals surface area contributed by atoms with Crippen LogP contribution in [0.4, 0.5) is 0 Å². The van der Waals surface area contributed by atoms with E-state index in [-0.39, 0.29) is 17.4 Å². The zero-order valence-electron chi connectivity index (χ0n) is 12.2. The molecule has 2 nitrogen and oxygen atoms in total. The Kier molecular flexibility index (Phi) is 5.36. The van der Waals surface area contributed by atoms with E-state index < -0.39 is 0 Å². The van der Waals surface area contributed by atoms with Gasteiger partial charge in [-0.05, 0) is 23.0 Å². The van der Waals surface area contributed by atoms with E-state index in [1.807, 2.05) is 6.92 Å². The Hall–Kier alpha value is -0.860. The quantitative estimate of drug-likeness (QED) is 0.869. The standard InChI is InChI=1S/C16H26O2/c1-12(11-18-5)15(17)10-13-6-8-14(9-7-13)16(2,3)4/h6-9,12,15,17H,10-11H2,1-5H3. The van der Waals surface area contributed by atoms with Crippen LogP contribution in [0.2, 0.25) is 0 Å². The molecule has 18 heavy (non-hydrogen) atoms. The van der Waals surface area contributed by atoms with Gasteiger partial charge in [0.2, 0.25) is 0 Å². The van der Waals surface area contributed by atoms with Crippen molar-refractivity contribution < 1.29 is 9.84 Å². The van der Waals surface area contributed by atoms with E-state index in [4.69, 9.17) is 4.74 Å². The van der Waals surface area contributed by atoms with Crippen LogP contribution in [0, 0.1) is 5.92 Å². The van der Waals surface area contributed by atoms with Crippen LogP contribution in [-0.4, -0.2) is 24.9 Å². The Morgan fingerprint density at radius 1 is 1.17 bits per heavy atom.